The molecule has 0 rings (SSSR count). The van der Waals surface area contributed by atoms with E-state index in [0.717, 1.165) is 6.42 Å². The van der Waals surface area contributed by atoms with Gasteiger partial charge in [0.05, 0.1) is 0 Å². The minimum atomic E-state index is -0.176. The molecule has 3 heteroatoms. The predicted molar refractivity (Wildman–Crippen MR) is 62.8 cm³/mol. The first-order valence-electron chi connectivity index (χ1n) is 5.49. The number of carbonyl (C=O) groups is 1. The lowest BCUT2D eigenvalue weighted by Gasteiger charge is -2.21. The van der Waals surface area contributed by atoms with Crippen LogP contribution in [0.4, 0.5) is 0 Å². The zero-order valence-corrected chi connectivity index (χ0v) is 10.9. The highest BCUT2D eigenvalue weighted by atomic mass is 16.5. The lowest BCUT2D eigenvalue weighted by molar-refractivity contribution is -0.127. The van der Waals surface area contributed by atoms with E-state index in [1.807, 2.05) is 20.8 Å². The Labute approximate surface area is 93.6 Å². The van der Waals surface area contributed by atoms with Gasteiger partial charge in [-0.3, -0.25) is 4.79 Å². The van der Waals surface area contributed by atoms with E-state index in [2.05, 4.69) is 26.1 Å². The molecule has 0 heterocycles. The normalized spacial score (nSPS) is 12.7. The van der Waals surface area contributed by atoms with Crippen LogP contribution in [0.1, 0.15) is 48.0 Å². The number of amides is 1. The third kappa shape index (κ3) is 11.4. The van der Waals surface area contributed by atoms with Crippen molar-refractivity contribution in [3.05, 3.63) is 0 Å². The number of ether oxygens (including phenoxy) is 1. The SMILES string of the molecule is CC(C)(C)CCOCC(=O)NC(C)(C)C. The minimum absolute atomic E-state index is 0.0450. The monoisotopic (exact) mass is 215 g/mol. The van der Waals surface area contributed by atoms with Gasteiger partial charge in [-0.2, -0.15) is 0 Å². The Balaban J connectivity index is 3.57. The van der Waals surface area contributed by atoms with Gasteiger partial charge in [0, 0.05) is 12.1 Å². The second kappa shape index (κ2) is 5.50. The summed E-state index contributed by atoms with van der Waals surface area (Å²) in [5.74, 6) is -0.0450. The van der Waals surface area contributed by atoms with Crippen LogP contribution in [-0.4, -0.2) is 24.7 Å². The summed E-state index contributed by atoms with van der Waals surface area (Å²) < 4.78 is 5.31. The van der Waals surface area contributed by atoms with Gasteiger partial charge in [-0.1, -0.05) is 20.8 Å². The molecule has 0 saturated heterocycles. The van der Waals surface area contributed by atoms with Crippen molar-refractivity contribution in [1.29, 1.82) is 0 Å². The molecule has 0 aromatic carbocycles. The maximum Gasteiger partial charge on any atom is 0.246 e. The van der Waals surface area contributed by atoms with Gasteiger partial charge in [0.25, 0.3) is 0 Å². The standard InChI is InChI=1S/C12H25NO2/c1-11(2,3)7-8-15-9-10(14)13-12(4,5)6/h7-9H2,1-6H3,(H,13,14). The quantitative estimate of drug-likeness (QED) is 0.731. The lowest BCUT2D eigenvalue weighted by Crippen LogP contribution is -2.42. The molecular weight excluding hydrogens is 190 g/mol. The zero-order valence-electron chi connectivity index (χ0n) is 10.9. The van der Waals surface area contributed by atoms with Gasteiger partial charge in [-0.15, -0.1) is 0 Å². The maximum atomic E-state index is 11.3. The molecule has 0 aliphatic rings. The van der Waals surface area contributed by atoms with Gasteiger partial charge in [0.1, 0.15) is 6.61 Å². The lowest BCUT2D eigenvalue weighted by atomic mass is 9.93. The van der Waals surface area contributed by atoms with Crippen LogP contribution in [0, 0.1) is 5.41 Å². The summed E-state index contributed by atoms with van der Waals surface area (Å²) in [6.07, 6.45) is 0.968. The number of rotatable bonds is 4. The average Bonchev–Trinajstić information content (AvgIpc) is 1.92. The molecule has 1 amide bonds. The van der Waals surface area contributed by atoms with Crippen LogP contribution in [0.2, 0.25) is 0 Å². The molecular formula is C12H25NO2. The summed E-state index contributed by atoms with van der Waals surface area (Å²) >= 11 is 0. The number of hydrogen-bond acceptors (Lipinski definition) is 2. The van der Waals surface area contributed by atoms with Crippen molar-refractivity contribution >= 4 is 5.91 Å². The van der Waals surface area contributed by atoms with Gasteiger partial charge >= 0.3 is 0 Å². The predicted octanol–water partition coefficient (Wildman–Crippen LogP) is 2.35. The van der Waals surface area contributed by atoms with Gasteiger partial charge in [-0.25, -0.2) is 0 Å². The molecule has 0 aliphatic carbocycles. The zero-order chi connectivity index (χ0) is 12.1. The topological polar surface area (TPSA) is 38.3 Å². The second-order valence-corrected chi connectivity index (χ2v) is 6.16. The minimum Gasteiger partial charge on any atom is -0.372 e. The fourth-order valence-corrected chi connectivity index (χ4v) is 0.998. The summed E-state index contributed by atoms with van der Waals surface area (Å²) in [7, 11) is 0. The van der Waals surface area contributed by atoms with Crippen molar-refractivity contribution in [2.75, 3.05) is 13.2 Å². The van der Waals surface area contributed by atoms with Crippen LogP contribution < -0.4 is 5.32 Å². The molecule has 0 bridgehead atoms. The van der Waals surface area contributed by atoms with Crippen molar-refractivity contribution in [3.8, 4) is 0 Å². The van der Waals surface area contributed by atoms with Crippen molar-refractivity contribution in [2.45, 2.75) is 53.5 Å². The Bertz CT molecular complexity index is 199. The molecule has 0 saturated carbocycles. The summed E-state index contributed by atoms with van der Waals surface area (Å²) in [4.78, 5) is 11.3. The molecule has 0 aliphatic heterocycles. The molecule has 90 valence electrons. The largest absolute Gasteiger partial charge is 0.372 e. The molecule has 1 N–H and O–H groups in total. The Hall–Kier alpha value is -0.570. The van der Waals surface area contributed by atoms with E-state index in [9.17, 15) is 4.79 Å². The van der Waals surface area contributed by atoms with Gasteiger partial charge in [0.2, 0.25) is 5.91 Å². The van der Waals surface area contributed by atoms with Crippen LogP contribution in [-0.2, 0) is 9.53 Å². The summed E-state index contributed by atoms with van der Waals surface area (Å²) in [5.41, 5.74) is 0.0883. The highest BCUT2D eigenvalue weighted by Crippen LogP contribution is 2.17. The van der Waals surface area contributed by atoms with Crippen LogP contribution in [0.5, 0.6) is 0 Å². The Morgan fingerprint density at radius 2 is 1.67 bits per heavy atom. The summed E-state index contributed by atoms with van der Waals surface area (Å²) in [6, 6.07) is 0. The van der Waals surface area contributed by atoms with E-state index in [-0.39, 0.29) is 23.5 Å². The fourth-order valence-electron chi connectivity index (χ4n) is 0.998. The smallest absolute Gasteiger partial charge is 0.246 e. The Kier molecular flexibility index (Phi) is 5.29. The number of nitrogens with one attached hydrogen (secondary N) is 1. The van der Waals surface area contributed by atoms with E-state index in [4.69, 9.17) is 4.74 Å². The molecule has 15 heavy (non-hydrogen) atoms. The van der Waals surface area contributed by atoms with Gasteiger partial charge < -0.3 is 10.1 Å². The van der Waals surface area contributed by atoms with Crippen LogP contribution in [0.25, 0.3) is 0 Å². The van der Waals surface area contributed by atoms with E-state index in [1.54, 1.807) is 0 Å². The van der Waals surface area contributed by atoms with Crippen LogP contribution in [0.15, 0.2) is 0 Å². The average molecular weight is 215 g/mol. The summed E-state index contributed by atoms with van der Waals surface area (Å²) in [5, 5.41) is 2.85. The van der Waals surface area contributed by atoms with Crippen molar-refractivity contribution in [2.24, 2.45) is 5.41 Å². The molecule has 0 atom stereocenters. The first-order chi connectivity index (χ1) is 6.60. The van der Waals surface area contributed by atoms with E-state index in [1.165, 1.54) is 0 Å². The molecule has 0 unspecified atom stereocenters. The van der Waals surface area contributed by atoms with Gasteiger partial charge in [0.15, 0.2) is 0 Å². The van der Waals surface area contributed by atoms with Crippen LogP contribution in [0.3, 0.4) is 0 Å². The third-order valence-electron chi connectivity index (χ3n) is 1.74. The second-order valence-electron chi connectivity index (χ2n) is 6.16. The molecule has 0 aromatic heterocycles. The van der Waals surface area contributed by atoms with Gasteiger partial charge in [-0.05, 0) is 32.6 Å². The highest BCUT2D eigenvalue weighted by molar-refractivity contribution is 5.77. The number of carbonyl (C=O) groups excluding carboxylic acids is 1. The maximum absolute atomic E-state index is 11.3. The third-order valence-corrected chi connectivity index (χ3v) is 1.74. The highest BCUT2D eigenvalue weighted by Gasteiger charge is 2.14. The molecule has 0 spiro atoms. The van der Waals surface area contributed by atoms with Crippen molar-refractivity contribution in [3.63, 3.8) is 0 Å². The molecule has 0 radical (unpaired) electrons. The Morgan fingerprint density at radius 1 is 1.13 bits per heavy atom. The Morgan fingerprint density at radius 3 is 2.07 bits per heavy atom. The van der Waals surface area contributed by atoms with Crippen molar-refractivity contribution in [1.82, 2.24) is 5.32 Å². The van der Waals surface area contributed by atoms with Crippen LogP contribution >= 0.6 is 0 Å². The van der Waals surface area contributed by atoms with E-state index in [0.29, 0.717) is 6.61 Å². The molecule has 0 fully saturated rings. The first kappa shape index (κ1) is 14.4. The fraction of sp³-hybridized carbons (Fsp3) is 0.917. The first-order valence-corrected chi connectivity index (χ1v) is 5.49. The van der Waals surface area contributed by atoms with E-state index >= 15 is 0 Å². The number of hydrogen-bond donors (Lipinski definition) is 1. The van der Waals surface area contributed by atoms with Crippen molar-refractivity contribution < 1.29 is 9.53 Å². The molecule has 0 aromatic rings. The van der Waals surface area contributed by atoms with E-state index < -0.39 is 0 Å². The molecule has 3 nitrogen and oxygen atoms in total. The summed E-state index contributed by atoms with van der Waals surface area (Å²) in [6.45, 7) is 13.2.